The van der Waals surface area contributed by atoms with Gasteiger partial charge in [0.15, 0.2) is 0 Å². The molecule has 1 amide bonds. The fourth-order valence-corrected chi connectivity index (χ4v) is 2.47. The second-order valence-electron chi connectivity index (χ2n) is 5.87. The number of nitro groups is 1. The summed E-state index contributed by atoms with van der Waals surface area (Å²) in [7, 11) is 0. The number of nitrogens with one attached hydrogen (secondary N) is 1. The van der Waals surface area contributed by atoms with Gasteiger partial charge in [-0.1, -0.05) is 30.3 Å². The molecule has 0 heterocycles. The zero-order valence-electron chi connectivity index (χ0n) is 14.5. The number of rotatable bonds is 8. The predicted octanol–water partition coefficient (Wildman–Crippen LogP) is 2.58. The van der Waals surface area contributed by atoms with Gasteiger partial charge in [-0.15, -0.1) is 0 Å². The topological polar surface area (TPSA) is 122 Å². The maximum atomic E-state index is 13.6. The van der Waals surface area contributed by atoms with Gasteiger partial charge in [-0.05, 0) is 18.1 Å². The van der Waals surface area contributed by atoms with Crippen LogP contribution in [0.15, 0.2) is 42.5 Å². The van der Waals surface area contributed by atoms with Crippen LogP contribution in [0.4, 0.5) is 19.3 Å². The van der Waals surface area contributed by atoms with E-state index in [2.05, 4.69) is 5.32 Å². The summed E-state index contributed by atoms with van der Waals surface area (Å²) in [6.45, 7) is -0.107. The summed E-state index contributed by atoms with van der Waals surface area (Å²) in [5.74, 6) is -2.60. The molecule has 0 saturated heterocycles. The van der Waals surface area contributed by atoms with Gasteiger partial charge in [-0.25, -0.2) is 9.18 Å². The van der Waals surface area contributed by atoms with Gasteiger partial charge in [0.2, 0.25) is 5.82 Å². The normalized spacial score (nSPS) is 12.9. The average molecular weight is 396 g/mol. The molecule has 8 nitrogen and oxygen atoms in total. The van der Waals surface area contributed by atoms with Gasteiger partial charge in [0.25, 0.3) is 0 Å². The van der Waals surface area contributed by atoms with Crippen molar-refractivity contribution in [2.24, 2.45) is 0 Å². The minimum atomic E-state index is -1.92. The van der Waals surface area contributed by atoms with E-state index in [1.54, 1.807) is 24.3 Å². The Morgan fingerprint density at radius 1 is 1.21 bits per heavy atom. The van der Waals surface area contributed by atoms with Crippen molar-refractivity contribution in [2.45, 2.75) is 25.2 Å². The Balaban J connectivity index is 1.88. The van der Waals surface area contributed by atoms with Crippen molar-refractivity contribution in [3.8, 4) is 0 Å². The zero-order chi connectivity index (χ0) is 20.7. The van der Waals surface area contributed by atoms with Crippen molar-refractivity contribution in [2.75, 3.05) is 6.54 Å². The molecule has 10 heteroatoms. The van der Waals surface area contributed by atoms with Gasteiger partial charge in [0.05, 0.1) is 16.6 Å². The van der Waals surface area contributed by atoms with Crippen molar-refractivity contribution in [3.63, 3.8) is 0 Å². The van der Waals surface area contributed by atoms with Crippen molar-refractivity contribution >= 4 is 11.8 Å². The number of nitro benzene ring substituents is 1. The molecule has 0 spiro atoms. The number of carbonyl (C=O) groups is 1. The van der Waals surface area contributed by atoms with Crippen molar-refractivity contribution in [1.29, 1.82) is 0 Å². The molecule has 3 N–H and O–H groups in total. The Kier molecular flexibility index (Phi) is 7.36. The lowest BCUT2D eigenvalue weighted by Gasteiger charge is -2.18. The lowest BCUT2D eigenvalue weighted by molar-refractivity contribution is -0.389. The van der Waals surface area contributed by atoms with Crippen LogP contribution in [-0.2, 0) is 11.3 Å². The highest BCUT2D eigenvalue weighted by atomic mass is 19.1. The summed E-state index contributed by atoms with van der Waals surface area (Å²) in [6, 6.07) is 9.79. The van der Waals surface area contributed by atoms with Gasteiger partial charge in [0, 0.05) is 12.6 Å². The van der Waals surface area contributed by atoms with E-state index in [0.717, 1.165) is 5.56 Å². The number of hydrogen-bond donors (Lipinski definition) is 3. The van der Waals surface area contributed by atoms with Gasteiger partial charge < -0.3 is 20.3 Å². The number of nitrogens with zero attached hydrogens (tertiary/aromatic N) is 1. The van der Waals surface area contributed by atoms with Crippen LogP contribution >= 0.6 is 0 Å². The first-order valence-electron chi connectivity index (χ1n) is 8.23. The Morgan fingerprint density at radius 3 is 2.54 bits per heavy atom. The molecule has 0 aliphatic heterocycles. The number of halogens is 2. The zero-order valence-corrected chi connectivity index (χ0v) is 14.5. The molecule has 2 atom stereocenters. The molecule has 0 radical (unpaired) electrons. The molecule has 0 saturated carbocycles. The third-order valence-electron chi connectivity index (χ3n) is 3.85. The molecular weight excluding hydrogens is 378 g/mol. The van der Waals surface area contributed by atoms with Crippen LogP contribution in [-0.4, -0.2) is 33.9 Å². The van der Waals surface area contributed by atoms with Gasteiger partial charge in [0.1, 0.15) is 18.5 Å². The highest BCUT2D eigenvalue weighted by molar-refractivity contribution is 5.67. The van der Waals surface area contributed by atoms with Crippen LogP contribution < -0.4 is 5.32 Å². The summed E-state index contributed by atoms with van der Waals surface area (Å²) < 4.78 is 31.9. The van der Waals surface area contributed by atoms with Gasteiger partial charge >= 0.3 is 11.8 Å². The van der Waals surface area contributed by atoms with E-state index in [1.807, 2.05) is 6.07 Å². The van der Waals surface area contributed by atoms with E-state index in [0.29, 0.717) is 12.1 Å². The Bertz CT molecular complexity index is 834. The highest BCUT2D eigenvalue weighted by Crippen LogP contribution is 2.31. The van der Waals surface area contributed by atoms with Crippen LogP contribution in [0, 0.1) is 21.7 Å². The number of aliphatic hydroxyl groups excluding tert-OH is 2. The lowest BCUT2D eigenvalue weighted by Crippen LogP contribution is -2.30. The van der Waals surface area contributed by atoms with E-state index in [-0.39, 0.29) is 19.6 Å². The number of alkyl carbamates (subject to hydrolysis) is 1. The molecule has 0 bridgehead atoms. The maximum Gasteiger partial charge on any atom is 0.407 e. The van der Waals surface area contributed by atoms with E-state index in [1.165, 1.54) is 0 Å². The van der Waals surface area contributed by atoms with Crippen LogP contribution in [0.5, 0.6) is 0 Å². The van der Waals surface area contributed by atoms with Crippen molar-refractivity contribution in [3.05, 3.63) is 75.3 Å². The molecule has 2 rings (SSSR count). The first-order chi connectivity index (χ1) is 13.3. The monoisotopic (exact) mass is 396 g/mol. The number of ether oxygens (including phenoxy) is 1. The Labute approximate surface area is 158 Å². The number of benzene rings is 2. The molecule has 0 aliphatic carbocycles. The number of carbonyl (C=O) groups excluding carboxylic acids is 1. The second-order valence-corrected chi connectivity index (χ2v) is 5.87. The number of aliphatic hydroxyl groups is 2. The molecule has 0 aromatic heterocycles. The van der Waals surface area contributed by atoms with Crippen LogP contribution in [0.2, 0.25) is 0 Å². The Hall–Kier alpha value is -3.11. The predicted molar refractivity (Wildman–Crippen MR) is 93.2 cm³/mol. The standard InChI is InChI=1S/C18H18F2N2O6/c19-12-8-13(16(22(26)27)14(20)9-12)17(24)15(23)6-7-21-18(25)28-10-11-4-2-1-3-5-11/h1-5,8-9,15,17,23-24H,6-7,10H2,(H,21,25). The van der Waals surface area contributed by atoms with Crippen LogP contribution in [0.25, 0.3) is 0 Å². The Morgan fingerprint density at radius 2 is 1.89 bits per heavy atom. The first kappa shape index (κ1) is 21.2. The third-order valence-corrected chi connectivity index (χ3v) is 3.85. The number of hydrogen-bond acceptors (Lipinski definition) is 6. The van der Waals surface area contributed by atoms with Crippen molar-refractivity contribution < 1.29 is 33.4 Å². The molecule has 0 aliphatic rings. The summed E-state index contributed by atoms with van der Waals surface area (Å²) in [6.07, 6.45) is -4.55. The molecule has 2 aromatic rings. The summed E-state index contributed by atoms with van der Waals surface area (Å²) in [5, 5.41) is 33.3. The summed E-state index contributed by atoms with van der Waals surface area (Å²) >= 11 is 0. The summed E-state index contributed by atoms with van der Waals surface area (Å²) in [5.41, 5.74) is -1.04. The molecular formula is C18H18F2N2O6. The van der Waals surface area contributed by atoms with E-state index in [9.17, 15) is 33.9 Å². The van der Waals surface area contributed by atoms with E-state index in [4.69, 9.17) is 4.74 Å². The molecule has 2 aromatic carbocycles. The fourth-order valence-electron chi connectivity index (χ4n) is 2.47. The van der Waals surface area contributed by atoms with Crippen LogP contribution in [0.3, 0.4) is 0 Å². The minimum Gasteiger partial charge on any atom is -0.445 e. The SMILES string of the molecule is O=C(NCCC(O)C(O)c1cc(F)cc(F)c1[N+](=O)[O-])OCc1ccccc1. The first-order valence-corrected chi connectivity index (χ1v) is 8.23. The summed E-state index contributed by atoms with van der Waals surface area (Å²) in [4.78, 5) is 21.4. The smallest absolute Gasteiger partial charge is 0.407 e. The minimum absolute atomic E-state index is 0.0343. The average Bonchev–Trinajstić information content (AvgIpc) is 2.65. The van der Waals surface area contributed by atoms with Crippen LogP contribution in [0.1, 0.15) is 23.7 Å². The third kappa shape index (κ3) is 5.69. The lowest BCUT2D eigenvalue weighted by atomic mass is 10.00. The largest absolute Gasteiger partial charge is 0.445 e. The highest BCUT2D eigenvalue weighted by Gasteiger charge is 2.30. The maximum absolute atomic E-state index is 13.6. The van der Waals surface area contributed by atoms with Crippen molar-refractivity contribution in [1.82, 2.24) is 5.32 Å². The van der Waals surface area contributed by atoms with E-state index < -0.39 is 46.1 Å². The fraction of sp³-hybridized carbons (Fsp3) is 0.278. The van der Waals surface area contributed by atoms with Gasteiger partial charge in [-0.2, -0.15) is 4.39 Å². The number of amides is 1. The molecule has 0 fully saturated rings. The van der Waals surface area contributed by atoms with E-state index >= 15 is 0 Å². The molecule has 28 heavy (non-hydrogen) atoms. The van der Waals surface area contributed by atoms with Gasteiger partial charge in [-0.3, -0.25) is 10.1 Å². The second kappa shape index (κ2) is 9.72. The molecule has 2 unspecified atom stereocenters. The molecule has 150 valence electrons. The quantitative estimate of drug-likeness (QED) is 0.466.